The average molecular weight is 157 g/mol. The Morgan fingerprint density at radius 2 is 1.73 bits per heavy atom. The van der Waals surface area contributed by atoms with Crippen LogP contribution in [0.4, 0.5) is 0 Å². The molecule has 1 N–H and O–H groups in total. The summed E-state index contributed by atoms with van der Waals surface area (Å²) in [6.45, 7) is 8.85. The molecule has 1 heterocycles. The summed E-state index contributed by atoms with van der Waals surface area (Å²) in [5.41, 5.74) is 0.0747. The van der Waals surface area contributed by atoms with Gasteiger partial charge >= 0.3 is 0 Å². The highest BCUT2D eigenvalue weighted by Crippen LogP contribution is 2.31. The van der Waals surface area contributed by atoms with Crippen LogP contribution in [0.5, 0.6) is 0 Å². The van der Waals surface area contributed by atoms with Crippen LogP contribution in [0.25, 0.3) is 0 Å². The molecule has 1 aliphatic rings. The first-order valence-electron chi connectivity index (χ1n) is 4.37. The number of hydrogen-bond acceptors (Lipinski definition) is 2. The maximum Gasteiger partial charge on any atom is 0.0725 e. The molecule has 0 amide bonds. The van der Waals surface area contributed by atoms with E-state index in [1.807, 2.05) is 7.11 Å². The first-order valence-corrected chi connectivity index (χ1v) is 4.37. The number of methoxy groups -OCH3 is 1. The molecule has 1 saturated heterocycles. The third-order valence-corrected chi connectivity index (χ3v) is 3.30. The minimum atomic E-state index is 0.0747. The summed E-state index contributed by atoms with van der Waals surface area (Å²) >= 11 is 0. The number of rotatable bonds is 1. The third kappa shape index (κ3) is 1.42. The van der Waals surface area contributed by atoms with Crippen LogP contribution < -0.4 is 5.32 Å². The normalized spacial score (nSPS) is 45.8. The van der Waals surface area contributed by atoms with E-state index >= 15 is 0 Å². The van der Waals surface area contributed by atoms with E-state index < -0.39 is 0 Å². The highest BCUT2D eigenvalue weighted by atomic mass is 16.5. The van der Waals surface area contributed by atoms with Crippen molar-refractivity contribution in [3.63, 3.8) is 0 Å². The van der Waals surface area contributed by atoms with Gasteiger partial charge in [-0.25, -0.2) is 0 Å². The van der Waals surface area contributed by atoms with E-state index in [1.54, 1.807) is 0 Å². The van der Waals surface area contributed by atoms with Crippen LogP contribution in [0.3, 0.4) is 0 Å². The second-order valence-corrected chi connectivity index (χ2v) is 3.85. The van der Waals surface area contributed by atoms with E-state index in [9.17, 15) is 0 Å². The number of piperidine rings is 1. The SMILES string of the molecule is COC1(C)C(C)CNCC1C. The average Bonchev–Trinajstić information content (AvgIpc) is 2.00. The molecule has 0 bridgehead atoms. The van der Waals surface area contributed by atoms with Crippen molar-refractivity contribution in [2.45, 2.75) is 26.4 Å². The lowest BCUT2D eigenvalue weighted by Crippen LogP contribution is -2.54. The summed E-state index contributed by atoms with van der Waals surface area (Å²) in [6.07, 6.45) is 0. The summed E-state index contributed by atoms with van der Waals surface area (Å²) in [7, 11) is 1.82. The predicted molar refractivity (Wildman–Crippen MR) is 46.6 cm³/mol. The van der Waals surface area contributed by atoms with Crippen molar-refractivity contribution in [3.8, 4) is 0 Å². The van der Waals surface area contributed by atoms with Crippen molar-refractivity contribution in [1.29, 1.82) is 0 Å². The number of ether oxygens (including phenoxy) is 1. The molecule has 2 nitrogen and oxygen atoms in total. The molecule has 1 fully saturated rings. The highest BCUT2D eigenvalue weighted by Gasteiger charge is 2.39. The Labute approximate surface area is 69.3 Å². The van der Waals surface area contributed by atoms with Gasteiger partial charge in [-0.3, -0.25) is 0 Å². The van der Waals surface area contributed by atoms with E-state index in [0.29, 0.717) is 11.8 Å². The molecule has 2 unspecified atom stereocenters. The van der Waals surface area contributed by atoms with Crippen LogP contribution in [0.2, 0.25) is 0 Å². The van der Waals surface area contributed by atoms with Crippen LogP contribution in [0.1, 0.15) is 20.8 Å². The van der Waals surface area contributed by atoms with Crippen molar-refractivity contribution >= 4 is 0 Å². The molecule has 0 radical (unpaired) electrons. The minimum Gasteiger partial charge on any atom is -0.378 e. The van der Waals surface area contributed by atoms with Gasteiger partial charge in [-0.15, -0.1) is 0 Å². The lowest BCUT2D eigenvalue weighted by Gasteiger charge is -2.44. The lowest BCUT2D eigenvalue weighted by molar-refractivity contribution is -0.0910. The number of nitrogens with one attached hydrogen (secondary N) is 1. The van der Waals surface area contributed by atoms with Gasteiger partial charge in [0.1, 0.15) is 0 Å². The van der Waals surface area contributed by atoms with Gasteiger partial charge in [0, 0.05) is 20.2 Å². The topological polar surface area (TPSA) is 21.3 Å². The fourth-order valence-electron chi connectivity index (χ4n) is 1.81. The zero-order chi connectivity index (χ0) is 8.48. The molecule has 1 aliphatic heterocycles. The van der Waals surface area contributed by atoms with E-state index in [4.69, 9.17) is 4.74 Å². The van der Waals surface area contributed by atoms with E-state index in [0.717, 1.165) is 13.1 Å². The van der Waals surface area contributed by atoms with Gasteiger partial charge in [0.25, 0.3) is 0 Å². The molecule has 2 heteroatoms. The van der Waals surface area contributed by atoms with E-state index in [1.165, 1.54) is 0 Å². The first kappa shape index (κ1) is 9.01. The quantitative estimate of drug-likeness (QED) is 0.619. The molecule has 0 aliphatic carbocycles. The number of hydrogen-bond donors (Lipinski definition) is 1. The predicted octanol–water partition coefficient (Wildman–Crippen LogP) is 1.27. The smallest absolute Gasteiger partial charge is 0.0725 e. The molecule has 11 heavy (non-hydrogen) atoms. The van der Waals surface area contributed by atoms with Gasteiger partial charge in [0.2, 0.25) is 0 Å². The van der Waals surface area contributed by atoms with Gasteiger partial charge in [-0.05, 0) is 18.8 Å². The maximum atomic E-state index is 5.56. The van der Waals surface area contributed by atoms with E-state index in [2.05, 4.69) is 26.1 Å². The van der Waals surface area contributed by atoms with Gasteiger partial charge < -0.3 is 10.1 Å². The Morgan fingerprint density at radius 1 is 1.27 bits per heavy atom. The summed E-state index contributed by atoms with van der Waals surface area (Å²) in [6, 6.07) is 0. The van der Waals surface area contributed by atoms with Crippen molar-refractivity contribution in [3.05, 3.63) is 0 Å². The molecule has 0 spiro atoms. The van der Waals surface area contributed by atoms with Crippen molar-refractivity contribution in [2.24, 2.45) is 11.8 Å². The summed E-state index contributed by atoms with van der Waals surface area (Å²) in [5, 5.41) is 3.39. The maximum absolute atomic E-state index is 5.56. The Bertz CT molecular complexity index is 126. The Balaban J connectivity index is 2.69. The van der Waals surface area contributed by atoms with E-state index in [-0.39, 0.29) is 5.60 Å². The Hall–Kier alpha value is -0.0800. The van der Waals surface area contributed by atoms with Crippen LogP contribution in [0.15, 0.2) is 0 Å². The molecule has 0 aromatic rings. The van der Waals surface area contributed by atoms with Gasteiger partial charge in [0.15, 0.2) is 0 Å². The molecule has 0 saturated carbocycles. The Kier molecular flexibility index (Phi) is 2.55. The van der Waals surface area contributed by atoms with Gasteiger partial charge in [0.05, 0.1) is 5.60 Å². The van der Waals surface area contributed by atoms with Crippen molar-refractivity contribution < 1.29 is 4.74 Å². The van der Waals surface area contributed by atoms with Gasteiger partial charge in [-0.1, -0.05) is 13.8 Å². The van der Waals surface area contributed by atoms with Crippen molar-refractivity contribution in [1.82, 2.24) is 5.32 Å². The van der Waals surface area contributed by atoms with Crippen LogP contribution in [-0.4, -0.2) is 25.8 Å². The third-order valence-electron chi connectivity index (χ3n) is 3.30. The fourth-order valence-corrected chi connectivity index (χ4v) is 1.81. The second kappa shape index (κ2) is 3.11. The standard InChI is InChI=1S/C9H19NO/c1-7-5-10-6-8(2)9(7,3)11-4/h7-8,10H,5-6H2,1-4H3. The molecular weight excluding hydrogens is 138 g/mol. The minimum absolute atomic E-state index is 0.0747. The van der Waals surface area contributed by atoms with Crippen molar-refractivity contribution in [2.75, 3.05) is 20.2 Å². The zero-order valence-electron chi connectivity index (χ0n) is 7.98. The summed E-state index contributed by atoms with van der Waals surface area (Å²) in [4.78, 5) is 0. The summed E-state index contributed by atoms with van der Waals surface area (Å²) in [5.74, 6) is 1.22. The Morgan fingerprint density at radius 3 is 2.00 bits per heavy atom. The summed E-state index contributed by atoms with van der Waals surface area (Å²) < 4.78 is 5.56. The van der Waals surface area contributed by atoms with Crippen LogP contribution in [-0.2, 0) is 4.74 Å². The second-order valence-electron chi connectivity index (χ2n) is 3.85. The molecule has 66 valence electrons. The lowest BCUT2D eigenvalue weighted by atomic mass is 9.77. The largest absolute Gasteiger partial charge is 0.378 e. The zero-order valence-corrected chi connectivity index (χ0v) is 7.98. The molecule has 0 aromatic carbocycles. The van der Waals surface area contributed by atoms with Crippen LogP contribution in [0, 0.1) is 11.8 Å². The molecular formula is C9H19NO. The molecule has 1 rings (SSSR count). The highest BCUT2D eigenvalue weighted by molar-refractivity contribution is 4.92. The van der Waals surface area contributed by atoms with Crippen LogP contribution >= 0.6 is 0 Å². The van der Waals surface area contributed by atoms with Gasteiger partial charge in [-0.2, -0.15) is 0 Å². The first-order chi connectivity index (χ1) is 5.11. The molecule has 0 aromatic heterocycles. The fraction of sp³-hybridized carbons (Fsp3) is 1.00. The monoisotopic (exact) mass is 157 g/mol. The molecule has 2 atom stereocenters.